The number of aromatic nitrogens is 2. The Labute approximate surface area is 136 Å². The zero-order chi connectivity index (χ0) is 16.3. The molecule has 0 amide bonds. The molecule has 0 bridgehead atoms. The third-order valence-electron chi connectivity index (χ3n) is 3.98. The fourth-order valence-electron chi connectivity index (χ4n) is 2.65. The van der Waals surface area contributed by atoms with Crippen LogP contribution in [0.1, 0.15) is 12.5 Å². The second kappa shape index (κ2) is 6.72. The van der Waals surface area contributed by atoms with Crippen molar-refractivity contribution < 1.29 is 13.2 Å². The van der Waals surface area contributed by atoms with Gasteiger partial charge in [-0.15, -0.1) is 0 Å². The summed E-state index contributed by atoms with van der Waals surface area (Å²) in [6.07, 6.45) is 5.96. The molecule has 2 aromatic rings. The normalized spacial score (nSPS) is 16.2. The third kappa shape index (κ3) is 4.11. The molecule has 7 heteroatoms. The van der Waals surface area contributed by atoms with Crippen LogP contribution in [0, 0.1) is 0 Å². The molecule has 0 saturated carbocycles. The Morgan fingerprint density at radius 2 is 2.00 bits per heavy atom. The van der Waals surface area contributed by atoms with E-state index in [9.17, 15) is 8.42 Å². The lowest BCUT2D eigenvalue weighted by atomic mass is 10.1. The molecule has 124 valence electrons. The molecule has 1 aromatic heterocycles. The first-order chi connectivity index (χ1) is 11.0. The molecule has 0 aliphatic carbocycles. The maximum atomic E-state index is 11.4. The first-order valence-corrected chi connectivity index (χ1v) is 9.56. The zero-order valence-corrected chi connectivity index (χ0v) is 13.9. The summed E-state index contributed by atoms with van der Waals surface area (Å²) >= 11 is 0. The molecule has 1 aliphatic heterocycles. The largest absolute Gasteiger partial charge is 0.494 e. The topological polar surface area (TPSA) is 64.4 Å². The van der Waals surface area contributed by atoms with Gasteiger partial charge in [0.05, 0.1) is 17.5 Å². The molecule has 1 fully saturated rings. The Kier molecular flexibility index (Phi) is 4.68. The van der Waals surface area contributed by atoms with Crippen LogP contribution in [-0.4, -0.2) is 55.6 Å². The van der Waals surface area contributed by atoms with E-state index >= 15 is 0 Å². The van der Waals surface area contributed by atoms with E-state index in [-0.39, 0.29) is 0 Å². The number of rotatable bonds is 7. The highest BCUT2D eigenvalue weighted by Gasteiger charge is 2.27. The van der Waals surface area contributed by atoms with Gasteiger partial charge in [-0.2, -0.15) is 5.10 Å². The maximum absolute atomic E-state index is 11.4. The van der Waals surface area contributed by atoms with Crippen LogP contribution in [-0.2, 0) is 9.84 Å². The molecule has 0 N–H and O–H groups in total. The smallest absolute Gasteiger partial charge is 0.175 e. The number of ether oxygens (including phenoxy) is 1. The van der Waals surface area contributed by atoms with E-state index in [1.165, 1.54) is 6.26 Å². The van der Waals surface area contributed by atoms with E-state index in [1.54, 1.807) is 24.3 Å². The summed E-state index contributed by atoms with van der Waals surface area (Å²) < 4.78 is 30.4. The first-order valence-electron chi connectivity index (χ1n) is 7.67. The number of benzene rings is 1. The van der Waals surface area contributed by atoms with Gasteiger partial charge >= 0.3 is 0 Å². The molecule has 0 atom stereocenters. The number of nitrogens with zero attached hydrogens (tertiary/aromatic N) is 3. The molecule has 0 unspecified atom stereocenters. The van der Waals surface area contributed by atoms with Crippen molar-refractivity contribution in [1.29, 1.82) is 0 Å². The molecule has 1 aromatic carbocycles. The average Bonchev–Trinajstić information content (AvgIpc) is 2.98. The van der Waals surface area contributed by atoms with E-state index in [2.05, 4.69) is 10.00 Å². The third-order valence-corrected chi connectivity index (χ3v) is 5.10. The lowest BCUT2D eigenvalue weighted by molar-refractivity contribution is 0.0918. The fraction of sp³-hybridized carbons (Fsp3) is 0.438. The predicted octanol–water partition coefficient (Wildman–Crippen LogP) is 1.61. The van der Waals surface area contributed by atoms with E-state index < -0.39 is 9.84 Å². The molecule has 1 saturated heterocycles. The highest BCUT2D eigenvalue weighted by molar-refractivity contribution is 7.90. The van der Waals surface area contributed by atoms with Gasteiger partial charge in [-0.25, -0.2) is 8.42 Å². The molecule has 23 heavy (non-hydrogen) atoms. The standard InChI is InChI=1S/C16H21N3O3S/c1-23(20,21)16-6-4-15(5-7-16)22-11-3-9-18-12-14(13-18)19-10-2-8-17-19/h2,4-8,10,14H,3,9,11-13H2,1H3. The number of likely N-dealkylation sites (tertiary alicyclic amines) is 1. The Morgan fingerprint density at radius 3 is 2.61 bits per heavy atom. The summed E-state index contributed by atoms with van der Waals surface area (Å²) in [4.78, 5) is 2.69. The second-order valence-corrected chi connectivity index (χ2v) is 7.86. The summed E-state index contributed by atoms with van der Waals surface area (Å²) in [6, 6.07) is 9.01. The van der Waals surface area contributed by atoms with Gasteiger partial charge in [-0.1, -0.05) is 0 Å². The summed E-state index contributed by atoms with van der Waals surface area (Å²) in [7, 11) is -3.15. The van der Waals surface area contributed by atoms with Crippen LogP contribution in [0.3, 0.4) is 0 Å². The molecule has 1 aliphatic rings. The SMILES string of the molecule is CS(=O)(=O)c1ccc(OCCCN2CC(n3cccn3)C2)cc1. The van der Waals surface area contributed by atoms with Crippen molar-refractivity contribution in [3.8, 4) is 5.75 Å². The van der Waals surface area contributed by atoms with Gasteiger partial charge in [0, 0.05) is 38.3 Å². The summed E-state index contributed by atoms with van der Waals surface area (Å²) in [5.74, 6) is 0.704. The van der Waals surface area contributed by atoms with Crippen LogP contribution >= 0.6 is 0 Å². The monoisotopic (exact) mass is 335 g/mol. The van der Waals surface area contributed by atoms with Crippen LogP contribution in [0.2, 0.25) is 0 Å². The van der Waals surface area contributed by atoms with E-state index in [0.29, 0.717) is 23.3 Å². The Bertz CT molecular complexity index is 720. The van der Waals surface area contributed by atoms with Gasteiger partial charge in [0.2, 0.25) is 0 Å². The van der Waals surface area contributed by atoms with Gasteiger partial charge in [-0.05, 0) is 36.8 Å². The van der Waals surface area contributed by atoms with Crippen LogP contribution in [0.25, 0.3) is 0 Å². The highest BCUT2D eigenvalue weighted by atomic mass is 32.2. The zero-order valence-electron chi connectivity index (χ0n) is 13.1. The highest BCUT2D eigenvalue weighted by Crippen LogP contribution is 2.20. The second-order valence-electron chi connectivity index (χ2n) is 5.85. The summed E-state index contributed by atoms with van der Waals surface area (Å²) in [6.45, 7) is 3.69. The van der Waals surface area contributed by atoms with Crippen molar-refractivity contribution in [3.05, 3.63) is 42.7 Å². The van der Waals surface area contributed by atoms with Gasteiger partial charge in [0.25, 0.3) is 0 Å². The van der Waals surface area contributed by atoms with Crippen LogP contribution in [0.4, 0.5) is 0 Å². The minimum atomic E-state index is -3.15. The van der Waals surface area contributed by atoms with Crippen LogP contribution in [0.15, 0.2) is 47.6 Å². The van der Waals surface area contributed by atoms with E-state index in [1.807, 2.05) is 23.1 Å². The van der Waals surface area contributed by atoms with Crippen molar-refractivity contribution in [2.75, 3.05) is 32.5 Å². The predicted molar refractivity (Wildman–Crippen MR) is 87.4 cm³/mol. The lowest BCUT2D eigenvalue weighted by Gasteiger charge is -2.39. The minimum Gasteiger partial charge on any atom is -0.494 e. The van der Waals surface area contributed by atoms with Crippen LogP contribution in [0.5, 0.6) is 5.75 Å². The summed E-state index contributed by atoms with van der Waals surface area (Å²) in [5.41, 5.74) is 0. The van der Waals surface area contributed by atoms with Gasteiger partial charge in [-0.3, -0.25) is 9.58 Å². The molecule has 2 heterocycles. The first kappa shape index (κ1) is 16.0. The van der Waals surface area contributed by atoms with Crippen molar-refractivity contribution in [3.63, 3.8) is 0 Å². The lowest BCUT2D eigenvalue weighted by Crippen LogP contribution is -2.48. The molecule has 3 rings (SSSR count). The number of hydrogen-bond donors (Lipinski definition) is 0. The molecule has 6 nitrogen and oxygen atoms in total. The van der Waals surface area contributed by atoms with Crippen molar-refractivity contribution in [1.82, 2.24) is 14.7 Å². The van der Waals surface area contributed by atoms with Crippen LogP contribution < -0.4 is 4.74 Å². The Hall–Kier alpha value is -1.86. The minimum absolute atomic E-state index is 0.315. The molecule has 0 spiro atoms. The average molecular weight is 335 g/mol. The van der Waals surface area contributed by atoms with Gasteiger partial charge in [0.1, 0.15) is 5.75 Å². The van der Waals surface area contributed by atoms with E-state index in [0.717, 1.165) is 26.1 Å². The van der Waals surface area contributed by atoms with Gasteiger partial charge in [0.15, 0.2) is 9.84 Å². The van der Waals surface area contributed by atoms with E-state index in [4.69, 9.17) is 4.74 Å². The Morgan fingerprint density at radius 1 is 1.26 bits per heavy atom. The molecular formula is C16H21N3O3S. The number of sulfone groups is 1. The molecule has 0 radical (unpaired) electrons. The quantitative estimate of drug-likeness (QED) is 0.719. The fourth-order valence-corrected chi connectivity index (χ4v) is 3.28. The van der Waals surface area contributed by atoms with Gasteiger partial charge < -0.3 is 4.74 Å². The van der Waals surface area contributed by atoms with Crippen molar-refractivity contribution >= 4 is 9.84 Å². The summed E-state index contributed by atoms with van der Waals surface area (Å²) in [5, 5.41) is 4.26. The van der Waals surface area contributed by atoms with Crippen molar-refractivity contribution in [2.24, 2.45) is 0 Å². The van der Waals surface area contributed by atoms with Crippen molar-refractivity contribution in [2.45, 2.75) is 17.4 Å². The maximum Gasteiger partial charge on any atom is 0.175 e. The molecular weight excluding hydrogens is 314 g/mol. The Balaban J connectivity index is 1.35. The number of hydrogen-bond acceptors (Lipinski definition) is 5.